The molecule has 1 amide bonds. The van der Waals surface area contributed by atoms with Crippen LogP contribution in [0.3, 0.4) is 0 Å². The smallest absolute Gasteiger partial charge is 0.412 e. The van der Waals surface area contributed by atoms with Crippen LogP contribution < -0.4 is 11.1 Å². The fourth-order valence-corrected chi connectivity index (χ4v) is 2.80. The molecule has 1 aromatic rings. The zero-order valence-corrected chi connectivity index (χ0v) is 13.6. The highest BCUT2D eigenvalue weighted by Gasteiger charge is 2.37. The maximum atomic E-state index is 11.8. The molecule has 0 radical (unpaired) electrons. The first-order chi connectivity index (χ1) is 9.76. The summed E-state index contributed by atoms with van der Waals surface area (Å²) >= 11 is 6.28. The number of hydrogen-bond acceptors (Lipinski definition) is 3. The van der Waals surface area contributed by atoms with E-state index in [9.17, 15) is 4.79 Å². The number of amides is 1. The van der Waals surface area contributed by atoms with Crippen LogP contribution in [0.2, 0.25) is 5.02 Å². The minimum atomic E-state index is -0.536. The van der Waals surface area contributed by atoms with E-state index in [1.807, 2.05) is 39.0 Å². The first-order valence-corrected chi connectivity index (χ1v) is 7.64. The SMILES string of the molecule is CC(C)(C)OC(=O)Nc1ccc(C2(CN)CCC2)cc1Cl. The van der Waals surface area contributed by atoms with Gasteiger partial charge in [0.25, 0.3) is 0 Å². The van der Waals surface area contributed by atoms with Gasteiger partial charge < -0.3 is 10.5 Å². The van der Waals surface area contributed by atoms with Crippen molar-refractivity contribution in [2.45, 2.75) is 51.0 Å². The van der Waals surface area contributed by atoms with Crippen molar-refractivity contribution >= 4 is 23.4 Å². The highest BCUT2D eigenvalue weighted by atomic mass is 35.5. The first-order valence-electron chi connectivity index (χ1n) is 7.26. The van der Waals surface area contributed by atoms with Crippen LogP contribution in [0.25, 0.3) is 0 Å². The summed E-state index contributed by atoms with van der Waals surface area (Å²) in [7, 11) is 0. The Balaban J connectivity index is 2.11. The van der Waals surface area contributed by atoms with Crippen LogP contribution in [0.1, 0.15) is 45.6 Å². The molecular weight excluding hydrogens is 288 g/mol. The number of halogens is 1. The van der Waals surface area contributed by atoms with Crippen molar-refractivity contribution in [3.05, 3.63) is 28.8 Å². The predicted octanol–water partition coefficient (Wildman–Crippen LogP) is 4.07. The van der Waals surface area contributed by atoms with Gasteiger partial charge in [0.15, 0.2) is 0 Å². The Morgan fingerprint density at radius 2 is 2.10 bits per heavy atom. The van der Waals surface area contributed by atoms with Gasteiger partial charge in [0.2, 0.25) is 0 Å². The molecule has 4 nitrogen and oxygen atoms in total. The molecule has 0 aliphatic heterocycles. The summed E-state index contributed by atoms with van der Waals surface area (Å²) in [6.07, 6.45) is 2.89. The molecule has 0 heterocycles. The van der Waals surface area contributed by atoms with Gasteiger partial charge in [0.1, 0.15) is 5.60 Å². The topological polar surface area (TPSA) is 64.3 Å². The molecule has 1 aliphatic carbocycles. The third kappa shape index (κ3) is 3.69. The Kier molecular flexibility index (Phi) is 4.49. The number of ether oxygens (including phenoxy) is 1. The Morgan fingerprint density at radius 3 is 2.52 bits per heavy atom. The lowest BCUT2D eigenvalue weighted by molar-refractivity contribution is 0.0636. The van der Waals surface area contributed by atoms with Crippen LogP contribution in [-0.4, -0.2) is 18.2 Å². The molecule has 21 heavy (non-hydrogen) atoms. The molecule has 1 aliphatic rings. The van der Waals surface area contributed by atoms with Gasteiger partial charge in [-0.25, -0.2) is 4.79 Å². The van der Waals surface area contributed by atoms with Crippen molar-refractivity contribution in [3.63, 3.8) is 0 Å². The molecule has 116 valence electrons. The monoisotopic (exact) mass is 310 g/mol. The predicted molar refractivity (Wildman–Crippen MR) is 85.9 cm³/mol. The summed E-state index contributed by atoms with van der Waals surface area (Å²) < 4.78 is 5.22. The standard InChI is InChI=1S/C16H23ClN2O2/c1-15(2,3)21-14(20)19-13-6-5-11(9-12(13)17)16(10-18)7-4-8-16/h5-6,9H,4,7-8,10,18H2,1-3H3,(H,19,20). The summed E-state index contributed by atoms with van der Waals surface area (Å²) in [5, 5.41) is 3.19. The van der Waals surface area contributed by atoms with Crippen molar-refractivity contribution in [1.29, 1.82) is 0 Å². The maximum absolute atomic E-state index is 11.8. The lowest BCUT2D eigenvalue weighted by Gasteiger charge is -2.41. The molecule has 0 unspecified atom stereocenters. The Bertz CT molecular complexity index is 528. The largest absolute Gasteiger partial charge is 0.444 e. The highest BCUT2D eigenvalue weighted by molar-refractivity contribution is 6.33. The molecule has 0 bridgehead atoms. The minimum Gasteiger partial charge on any atom is -0.444 e. The lowest BCUT2D eigenvalue weighted by Crippen LogP contribution is -2.41. The molecule has 5 heteroatoms. The zero-order valence-electron chi connectivity index (χ0n) is 12.8. The summed E-state index contributed by atoms with van der Waals surface area (Å²) in [6, 6.07) is 5.71. The number of carbonyl (C=O) groups is 1. The van der Waals surface area contributed by atoms with E-state index in [-0.39, 0.29) is 5.41 Å². The molecule has 1 fully saturated rings. The zero-order chi connectivity index (χ0) is 15.7. The van der Waals surface area contributed by atoms with E-state index >= 15 is 0 Å². The molecule has 2 rings (SSSR count). The van der Waals surface area contributed by atoms with Crippen LogP contribution in [0.5, 0.6) is 0 Å². The number of benzene rings is 1. The van der Waals surface area contributed by atoms with E-state index in [2.05, 4.69) is 5.32 Å². The maximum Gasteiger partial charge on any atom is 0.412 e. The van der Waals surface area contributed by atoms with E-state index in [0.717, 1.165) is 18.4 Å². The van der Waals surface area contributed by atoms with Crippen LogP contribution in [0.4, 0.5) is 10.5 Å². The fraction of sp³-hybridized carbons (Fsp3) is 0.562. The van der Waals surface area contributed by atoms with Gasteiger partial charge in [-0.2, -0.15) is 0 Å². The Morgan fingerprint density at radius 1 is 1.43 bits per heavy atom. The normalized spacial score (nSPS) is 17.0. The van der Waals surface area contributed by atoms with Gasteiger partial charge in [-0.05, 0) is 51.3 Å². The second-order valence-corrected chi connectivity index (χ2v) is 7.07. The van der Waals surface area contributed by atoms with Gasteiger partial charge in [-0.3, -0.25) is 5.32 Å². The quantitative estimate of drug-likeness (QED) is 0.884. The summed E-state index contributed by atoms with van der Waals surface area (Å²) in [4.78, 5) is 11.8. The average Bonchev–Trinajstić information content (AvgIpc) is 2.29. The van der Waals surface area contributed by atoms with Crippen LogP contribution in [0.15, 0.2) is 18.2 Å². The Hall–Kier alpha value is -1.26. The van der Waals surface area contributed by atoms with Gasteiger partial charge in [0.05, 0.1) is 10.7 Å². The number of nitrogens with one attached hydrogen (secondary N) is 1. The van der Waals surface area contributed by atoms with Crippen molar-refractivity contribution in [2.75, 3.05) is 11.9 Å². The van der Waals surface area contributed by atoms with E-state index in [1.165, 1.54) is 6.42 Å². The average molecular weight is 311 g/mol. The number of nitrogens with two attached hydrogens (primary N) is 1. The number of anilines is 1. The molecular formula is C16H23ClN2O2. The fourth-order valence-electron chi connectivity index (χ4n) is 2.57. The molecule has 0 spiro atoms. The second kappa shape index (κ2) is 5.85. The third-order valence-corrected chi connectivity index (χ3v) is 4.23. The van der Waals surface area contributed by atoms with Gasteiger partial charge in [-0.15, -0.1) is 0 Å². The van der Waals surface area contributed by atoms with E-state index in [0.29, 0.717) is 17.3 Å². The first kappa shape index (κ1) is 16.1. The summed E-state index contributed by atoms with van der Waals surface area (Å²) in [5.74, 6) is 0. The van der Waals surface area contributed by atoms with Gasteiger partial charge >= 0.3 is 6.09 Å². The molecule has 3 N–H and O–H groups in total. The molecule has 0 atom stereocenters. The Labute approximate surface area is 131 Å². The van der Waals surface area contributed by atoms with Crippen molar-refractivity contribution in [1.82, 2.24) is 0 Å². The number of carbonyl (C=O) groups excluding carboxylic acids is 1. The van der Waals surface area contributed by atoms with Gasteiger partial charge in [-0.1, -0.05) is 24.1 Å². The van der Waals surface area contributed by atoms with Gasteiger partial charge in [0, 0.05) is 12.0 Å². The number of hydrogen-bond donors (Lipinski definition) is 2. The molecule has 0 aromatic heterocycles. The van der Waals surface area contributed by atoms with Crippen LogP contribution in [0, 0.1) is 0 Å². The van der Waals surface area contributed by atoms with E-state index in [4.69, 9.17) is 22.1 Å². The molecule has 1 aromatic carbocycles. The summed E-state index contributed by atoms with van der Waals surface area (Å²) in [5.41, 5.74) is 7.14. The van der Waals surface area contributed by atoms with Crippen molar-refractivity contribution in [2.24, 2.45) is 5.73 Å². The van der Waals surface area contributed by atoms with Crippen molar-refractivity contribution in [3.8, 4) is 0 Å². The number of rotatable bonds is 3. The second-order valence-electron chi connectivity index (χ2n) is 6.66. The van der Waals surface area contributed by atoms with E-state index in [1.54, 1.807) is 0 Å². The molecule has 0 saturated heterocycles. The van der Waals surface area contributed by atoms with Crippen LogP contribution in [-0.2, 0) is 10.2 Å². The lowest BCUT2D eigenvalue weighted by atomic mass is 9.64. The van der Waals surface area contributed by atoms with Crippen molar-refractivity contribution < 1.29 is 9.53 Å². The molecule has 1 saturated carbocycles. The third-order valence-electron chi connectivity index (χ3n) is 3.92. The van der Waals surface area contributed by atoms with E-state index < -0.39 is 11.7 Å². The highest BCUT2D eigenvalue weighted by Crippen LogP contribution is 2.44. The summed E-state index contributed by atoms with van der Waals surface area (Å²) in [6.45, 7) is 6.08. The van der Waals surface area contributed by atoms with Crippen LogP contribution >= 0.6 is 11.6 Å². The minimum absolute atomic E-state index is 0.0636.